The van der Waals surface area contributed by atoms with E-state index in [9.17, 15) is 4.79 Å². The monoisotopic (exact) mass is 290 g/mol. The molecule has 0 amide bonds. The lowest BCUT2D eigenvalue weighted by atomic mass is 9.98. The number of halogens is 1. The molecule has 3 rings (SSSR count). The third-order valence-electron chi connectivity index (χ3n) is 3.12. The van der Waals surface area contributed by atoms with Crippen LogP contribution in [0.15, 0.2) is 30.3 Å². The van der Waals surface area contributed by atoms with Crippen molar-refractivity contribution in [3.05, 3.63) is 40.9 Å². The van der Waals surface area contributed by atoms with Crippen LogP contribution in [0.25, 0.3) is 11.1 Å². The Morgan fingerprint density at radius 2 is 1.90 bits per heavy atom. The van der Waals surface area contributed by atoms with Crippen molar-refractivity contribution in [1.29, 1.82) is 0 Å². The first-order valence-electron chi connectivity index (χ1n) is 5.95. The van der Waals surface area contributed by atoms with Gasteiger partial charge in [-0.3, -0.25) is 4.79 Å². The van der Waals surface area contributed by atoms with Crippen LogP contribution in [0, 0.1) is 0 Å². The van der Waals surface area contributed by atoms with Gasteiger partial charge in [-0.15, -0.1) is 0 Å². The van der Waals surface area contributed by atoms with Crippen molar-refractivity contribution in [2.24, 2.45) is 0 Å². The topological polar surface area (TPSA) is 44.8 Å². The minimum Gasteiger partial charge on any atom is -0.496 e. The molecule has 102 valence electrons. The molecule has 0 aromatic heterocycles. The summed E-state index contributed by atoms with van der Waals surface area (Å²) in [5.74, 6) is 1.81. The molecule has 4 nitrogen and oxygen atoms in total. The first-order valence-corrected chi connectivity index (χ1v) is 6.33. The molecule has 0 saturated heterocycles. The van der Waals surface area contributed by atoms with Crippen LogP contribution in [0.1, 0.15) is 10.4 Å². The Morgan fingerprint density at radius 3 is 2.60 bits per heavy atom. The minimum absolute atomic E-state index is 0.157. The van der Waals surface area contributed by atoms with E-state index in [1.807, 2.05) is 0 Å². The minimum atomic E-state index is 0.157. The van der Waals surface area contributed by atoms with Crippen LogP contribution in [0.3, 0.4) is 0 Å². The maximum Gasteiger partial charge on any atom is 0.231 e. The van der Waals surface area contributed by atoms with E-state index in [-0.39, 0.29) is 6.79 Å². The summed E-state index contributed by atoms with van der Waals surface area (Å²) >= 11 is 6.04. The van der Waals surface area contributed by atoms with Crippen molar-refractivity contribution >= 4 is 17.9 Å². The highest BCUT2D eigenvalue weighted by Crippen LogP contribution is 2.41. The summed E-state index contributed by atoms with van der Waals surface area (Å²) in [6.07, 6.45) is 0.775. The fourth-order valence-corrected chi connectivity index (χ4v) is 2.35. The van der Waals surface area contributed by atoms with Gasteiger partial charge in [0.05, 0.1) is 7.11 Å². The van der Waals surface area contributed by atoms with Crippen molar-refractivity contribution in [2.75, 3.05) is 13.9 Å². The summed E-state index contributed by atoms with van der Waals surface area (Å²) in [6.45, 7) is 0.157. The molecule has 2 aromatic rings. The van der Waals surface area contributed by atoms with Crippen LogP contribution in [0.4, 0.5) is 0 Å². The fraction of sp³-hybridized carbons (Fsp3) is 0.133. The van der Waals surface area contributed by atoms with Gasteiger partial charge in [0.2, 0.25) is 6.79 Å². The largest absolute Gasteiger partial charge is 0.496 e. The summed E-state index contributed by atoms with van der Waals surface area (Å²) in [4.78, 5) is 11.3. The second kappa shape index (κ2) is 5.06. The highest BCUT2D eigenvalue weighted by molar-refractivity contribution is 6.31. The standard InChI is InChI=1S/C15H11ClO4/c1-18-13-3-2-10(16)5-12(13)11-6-15-14(19-8-20-15)4-9(11)7-17/h2-7H,8H2,1H3. The van der Waals surface area contributed by atoms with Crippen LogP contribution in [0.2, 0.25) is 5.02 Å². The van der Waals surface area contributed by atoms with E-state index in [1.54, 1.807) is 37.4 Å². The SMILES string of the molecule is COc1ccc(Cl)cc1-c1cc2c(cc1C=O)OCO2. The number of hydrogen-bond acceptors (Lipinski definition) is 4. The molecule has 2 aromatic carbocycles. The molecule has 0 atom stereocenters. The number of carbonyl (C=O) groups is 1. The Labute approximate surface area is 120 Å². The number of fused-ring (bicyclic) bond motifs is 1. The Kier molecular flexibility index (Phi) is 3.24. The van der Waals surface area contributed by atoms with Crippen LogP contribution < -0.4 is 14.2 Å². The van der Waals surface area contributed by atoms with Crippen molar-refractivity contribution in [3.8, 4) is 28.4 Å². The van der Waals surface area contributed by atoms with E-state index in [4.69, 9.17) is 25.8 Å². The van der Waals surface area contributed by atoms with Gasteiger partial charge in [-0.2, -0.15) is 0 Å². The summed E-state index contributed by atoms with van der Waals surface area (Å²) in [5, 5.41) is 0.565. The lowest BCUT2D eigenvalue weighted by Crippen LogP contribution is -1.93. The van der Waals surface area contributed by atoms with Gasteiger partial charge in [0.1, 0.15) is 5.75 Å². The predicted molar refractivity (Wildman–Crippen MR) is 75.0 cm³/mol. The Morgan fingerprint density at radius 1 is 1.15 bits per heavy atom. The summed E-state index contributed by atoms with van der Waals surface area (Å²) in [5.41, 5.74) is 1.93. The quantitative estimate of drug-likeness (QED) is 0.811. The molecule has 0 aliphatic carbocycles. The number of methoxy groups -OCH3 is 1. The van der Waals surface area contributed by atoms with E-state index >= 15 is 0 Å². The number of hydrogen-bond donors (Lipinski definition) is 0. The first-order chi connectivity index (χ1) is 9.72. The van der Waals surface area contributed by atoms with Crippen molar-refractivity contribution in [2.45, 2.75) is 0 Å². The number of benzene rings is 2. The lowest BCUT2D eigenvalue weighted by molar-refractivity contribution is 0.112. The van der Waals surface area contributed by atoms with E-state index in [2.05, 4.69) is 0 Å². The van der Waals surface area contributed by atoms with Crippen LogP contribution in [0.5, 0.6) is 17.2 Å². The molecule has 0 radical (unpaired) electrons. The zero-order valence-corrected chi connectivity index (χ0v) is 11.4. The number of aldehydes is 1. The maximum absolute atomic E-state index is 11.3. The van der Waals surface area contributed by atoms with Crippen LogP contribution in [-0.2, 0) is 0 Å². The molecule has 0 unspecified atom stereocenters. The number of rotatable bonds is 3. The first kappa shape index (κ1) is 12.8. The lowest BCUT2D eigenvalue weighted by Gasteiger charge is -2.12. The summed E-state index contributed by atoms with van der Waals surface area (Å²) < 4.78 is 16.0. The van der Waals surface area contributed by atoms with Gasteiger partial charge in [0.15, 0.2) is 17.8 Å². The van der Waals surface area contributed by atoms with Crippen molar-refractivity contribution < 1.29 is 19.0 Å². The molecule has 1 aliphatic rings. The fourth-order valence-electron chi connectivity index (χ4n) is 2.18. The average Bonchev–Trinajstić information content (AvgIpc) is 2.93. The second-order valence-corrected chi connectivity index (χ2v) is 4.69. The molecule has 5 heteroatoms. The average molecular weight is 291 g/mol. The summed E-state index contributed by atoms with van der Waals surface area (Å²) in [7, 11) is 1.57. The highest BCUT2D eigenvalue weighted by atomic mass is 35.5. The second-order valence-electron chi connectivity index (χ2n) is 4.26. The van der Waals surface area contributed by atoms with E-state index < -0.39 is 0 Å². The van der Waals surface area contributed by atoms with Crippen LogP contribution in [-0.4, -0.2) is 20.2 Å². The van der Waals surface area contributed by atoms with Gasteiger partial charge >= 0.3 is 0 Å². The van der Waals surface area contributed by atoms with E-state index in [0.717, 1.165) is 11.8 Å². The molecule has 1 heterocycles. The predicted octanol–water partition coefficient (Wildman–Crippen LogP) is 3.56. The van der Waals surface area contributed by atoms with E-state index in [1.165, 1.54) is 0 Å². The van der Waals surface area contributed by atoms with Gasteiger partial charge in [0.25, 0.3) is 0 Å². The van der Waals surface area contributed by atoms with Crippen LogP contribution >= 0.6 is 11.6 Å². The van der Waals surface area contributed by atoms with Gasteiger partial charge in [-0.1, -0.05) is 11.6 Å². The molecule has 0 saturated carbocycles. The maximum atomic E-state index is 11.3. The Hall–Kier alpha value is -2.20. The smallest absolute Gasteiger partial charge is 0.231 e. The molecule has 0 bridgehead atoms. The van der Waals surface area contributed by atoms with E-state index in [0.29, 0.717) is 33.4 Å². The molecule has 0 N–H and O–H groups in total. The number of carbonyl (C=O) groups excluding carboxylic acids is 1. The zero-order chi connectivity index (χ0) is 14.1. The third-order valence-corrected chi connectivity index (χ3v) is 3.36. The van der Waals surface area contributed by atoms with Gasteiger partial charge in [-0.25, -0.2) is 0 Å². The molecule has 0 fully saturated rings. The molecular weight excluding hydrogens is 280 g/mol. The Balaban J connectivity index is 2.23. The molecular formula is C15H11ClO4. The van der Waals surface area contributed by atoms with Gasteiger partial charge in [-0.05, 0) is 35.9 Å². The third kappa shape index (κ3) is 2.08. The van der Waals surface area contributed by atoms with Crippen molar-refractivity contribution in [1.82, 2.24) is 0 Å². The molecule has 1 aliphatic heterocycles. The number of ether oxygens (including phenoxy) is 3. The molecule has 20 heavy (non-hydrogen) atoms. The Bertz CT molecular complexity index is 682. The van der Waals surface area contributed by atoms with Gasteiger partial charge < -0.3 is 14.2 Å². The normalized spacial score (nSPS) is 12.3. The molecule has 0 spiro atoms. The summed E-state index contributed by atoms with van der Waals surface area (Å²) in [6, 6.07) is 8.67. The van der Waals surface area contributed by atoms with Gasteiger partial charge in [0, 0.05) is 16.1 Å². The zero-order valence-electron chi connectivity index (χ0n) is 10.7. The highest BCUT2D eigenvalue weighted by Gasteiger charge is 2.19. The van der Waals surface area contributed by atoms with Crippen molar-refractivity contribution in [3.63, 3.8) is 0 Å².